The van der Waals surface area contributed by atoms with E-state index in [4.69, 9.17) is 0 Å². The van der Waals surface area contributed by atoms with Crippen LogP contribution in [-0.4, -0.2) is 43.6 Å². The smallest absolute Gasteiger partial charge is 0.235 e. The van der Waals surface area contributed by atoms with Crippen LogP contribution in [-0.2, 0) is 12.8 Å². The molecule has 0 saturated carbocycles. The molecule has 3 heterocycles. The van der Waals surface area contributed by atoms with Crippen molar-refractivity contribution >= 4 is 56.2 Å². The molecule has 0 aliphatic carbocycles. The van der Waals surface area contributed by atoms with E-state index in [1.54, 1.807) is 48.5 Å². The second-order valence-electron chi connectivity index (χ2n) is 8.32. The first-order valence-corrected chi connectivity index (χ1v) is 13.8. The van der Waals surface area contributed by atoms with Crippen LogP contribution < -0.4 is 10.0 Å². The maximum Gasteiger partial charge on any atom is 0.235 e. The monoisotopic (exact) mass is 544 g/mol. The second kappa shape index (κ2) is 11.5. The molecule has 0 bridgehead atoms. The van der Waals surface area contributed by atoms with Crippen LogP contribution in [0.15, 0.2) is 70.9 Å². The van der Waals surface area contributed by atoms with Gasteiger partial charge in [0, 0.05) is 24.0 Å². The highest BCUT2D eigenvalue weighted by Gasteiger charge is 2.37. The van der Waals surface area contributed by atoms with Crippen LogP contribution in [0, 0.1) is 0 Å². The van der Waals surface area contributed by atoms with Gasteiger partial charge >= 0.3 is 0 Å². The van der Waals surface area contributed by atoms with Gasteiger partial charge in [-0.2, -0.15) is 10.0 Å². The molecule has 12 heteroatoms. The Morgan fingerprint density at radius 3 is 1.39 bits per heavy atom. The van der Waals surface area contributed by atoms with E-state index in [0.29, 0.717) is 21.4 Å². The Hall–Kier alpha value is -4.16. The minimum Gasteiger partial charge on any atom is -0.285 e. The van der Waals surface area contributed by atoms with Gasteiger partial charge in [0.15, 0.2) is 0 Å². The van der Waals surface area contributed by atoms with E-state index in [1.807, 2.05) is 12.1 Å². The number of carbonyl (C=O) groups is 2. The van der Waals surface area contributed by atoms with E-state index in [-0.39, 0.29) is 23.2 Å². The van der Waals surface area contributed by atoms with Gasteiger partial charge in [-0.05, 0) is 12.8 Å². The van der Waals surface area contributed by atoms with Crippen molar-refractivity contribution in [2.24, 2.45) is 10.2 Å². The van der Waals surface area contributed by atoms with E-state index < -0.39 is 0 Å². The molecule has 0 fully saturated rings. The Bertz CT molecular complexity index is 1380. The van der Waals surface area contributed by atoms with Crippen molar-refractivity contribution in [2.75, 3.05) is 10.0 Å². The number of aryl methyl sites for hydroxylation is 2. The lowest BCUT2D eigenvalue weighted by Crippen LogP contribution is -2.46. The lowest BCUT2D eigenvalue weighted by Gasteiger charge is -2.27. The summed E-state index contributed by atoms with van der Waals surface area (Å²) in [4.78, 5) is 27.4. The topological polar surface area (TPSA) is 117 Å². The highest BCUT2D eigenvalue weighted by atomic mass is 32.1. The molecule has 1 aliphatic heterocycles. The number of anilines is 2. The van der Waals surface area contributed by atoms with Crippen molar-refractivity contribution in [3.05, 3.63) is 81.8 Å². The maximum absolute atomic E-state index is 13.7. The quantitative estimate of drug-likeness (QED) is 0.256. The lowest BCUT2D eigenvalue weighted by molar-refractivity contribution is 0.105. The van der Waals surface area contributed by atoms with Crippen molar-refractivity contribution in [3.8, 4) is 0 Å². The third-order valence-corrected chi connectivity index (χ3v) is 7.39. The molecule has 192 valence electrons. The van der Waals surface area contributed by atoms with Gasteiger partial charge in [0.2, 0.25) is 33.5 Å². The van der Waals surface area contributed by atoms with Crippen molar-refractivity contribution in [3.63, 3.8) is 0 Å². The molecular formula is C26H24N8O2S2. The molecule has 38 heavy (non-hydrogen) atoms. The molecule has 0 radical (unpaired) electrons. The molecule has 0 N–H and O–H groups in total. The van der Waals surface area contributed by atoms with E-state index in [1.165, 1.54) is 32.7 Å². The number of aromatic nitrogens is 4. The predicted octanol–water partition coefficient (Wildman–Crippen LogP) is 5.01. The van der Waals surface area contributed by atoms with Crippen LogP contribution in [0.3, 0.4) is 0 Å². The third-order valence-electron chi connectivity index (χ3n) is 5.47. The number of hydrazone groups is 2. The number of hydrogen-bond acceptors (Lipinski definition) is 12. The van der Waals surface area contributed by atoms with Gasteiger partial charge in [-0.15, -0.1) is 30.6 Å². The highest BCUT2D eigenvalue weighted by molar-refractivity contribution is 7.16. The fraction of sp³-hybridized carbons (Fsp3) is 0.231. The molecule has 0 amide bonds. The van der Waals surface area contributed by atoms with Gasteiger partial charge in [-0.3, -0.25) is 9.59 Å². The van der Waals surface area contributed by atoms with E-state index in [9.17, 15) is 9.59 Å². The van der Waals surface area contributed by atoms with Crippen LogP contribution in [0.4, 0.5) is 10.3 Å². The molecular weight excluding hydrogens is 520 g/mol. The number of carbonyl (C=O) groups excluding carboxylic acids is 2. The number of Topliss-reactive ketones (excluding diaryl/α,β-unsaturated/α-hetero) is 2. The Balaban J connectivity index is 1.66. The first-order valence-electron chi connectivity index (χ1n) is 12.2. The van der Waals surface area contributed by atoms with Gasteiger partial charge < -0.3 is 0 Å². The van der Waals surface area contributed by atoms with Gasteiger partial charge in [-0.1, -0.05) is 97.2 Å². The van der Waals surface area contributed by atoms with Crippen LogP contribution in [0.5, 0.6) is 0 Å². The number of ketones is 2. The SMILES string of the molecule is CCCc1nnc(N2N=C(C(=O)c3ccccc3)N(c3nnc(CCC)s3)N=C2C(=O)c2ccccc2)s1. The number of amidine groups is 2. The van der Waals surface area contributed by atoms with Crippen LogP contribution in [0.1, 0.15) is 57.4 Å². The highest BCUT2D eigenvalue weighted by Crippen LogP contribution is 2.30. The Morgan fingerprint density at radius 2 is 1.03 bits per heavy atom. The zero-order chi connectivity index (χ0) is 26.5. The molecule has 1 aliphatic rings. The summed E-state index contributed by atoms with van der Waals surface area (Å²) in [7, 11) is 0. The number of hydrogen-bond donors (Lipinski definition) is 0. The molecule has 2 aromatic carbocycles. The summed E-state index contributed by atoms with van der Waals surface area (Å²) in [5.41, 5.74) is 0.845. The largest absolute Gasteiger partial charge is 0.285 e. The molecule has 4 aromatic rings. The summed E-state index contributed by atoms with van der Waals surface area (Å²) < 4.78 is 0. The molecule has 0 atom stereocenters. The molecule has 5 rings (SSSR count). The summed E-state index contributed by atoms with van der Waals surface area (Å²) in [6.45, 7) is 4.10. The average molecular weight is 545 g/mol. The minimum atomic E-state index is -0.379. The van der Waals surface area contributed by atoms with Crippen molar-refractivity contribution in [2.45, 2.75) is 39.5 Å². The molecule has 10 nitrogen and oxygen atoms in total. The predicted molar refractivity (Wildman–Crippen MR) is 149 cm³/mol. The van der Waals surface area contributed by atoms with Crippen molar-refractivity contribution in [1.82, 2.24) is 20.4 Å². The summed E-state index contributed by atoms with van der Waals surface area (Å²) in [6, 6.07) is 17.6. The Kier molecular flexibility index (Phi) is 7.70. The first kappa shape index (κ1) is 25.5. The number of nitrogens with zero attached hydrogens (tertiary/aromatic N) is 8. The van der Waals surface area contributed by atoms with E-state index in [2.05, 4.69) is 44.4 Å². The Labute approximate surface area is 227 Å². The van der Waals surface area contributed by atoms with Crippen LogP contribution >= 0.6 is 22.7 Å². The standard InChI is InChI=1S/C26H24N8O2S2/c1-3-11-19-27-29-25(37-19)33-23(21(35)17-13-7-5-8-14-17)32-34(26-30-28-20(38-26)12-4-2)24(31-33)22(36)18-15-9-6-10-16-18/h5-10,13-16H,3-4,11-12H2,1-2H3. The third kappa shape index (κ3) is 5.27. The first-order chi connectivity index (χ1) is 18.6. The minimum absolute atomic E-state index is 0.0211. The summed E-state index contributed by atoms with van der Waals surface area (Å²) >= 11 is 2.61. The van der Waals surface area contributed by atoms with Gasteiger partial charge in [0.25, 0.3) is 0 Å². The fourth-order valence-corrected chi connectivity index (χ4v) is 5.43. The normalized spacial score (nSPS) is 13.3. The van der Waals surface area contributed by atoms with E-state index >= 15 is 0 Å². The average Bonchev–Trinajstić information content (AvgIpc) is 3.63. The second-order valence-corrected chi connectivity index (χ2v) is 10.4. The summed E-state index contributed by atoms with van der Waals surface area (Å²) in [5.74, 6) is -0.799. The summed E-state index contributed by atoms with van der Waals surface area (Å²) in [6.07, 6.45) is 3.26. The zero-order valence-electron chi connectivity index (χ0n) is 20.8. The van der Waals surface area contributed by atoms with Gasteiger partial charge in [-0.25, -0.2) is 0 Å². The van der Waals surface area contributed by atoms with Crippen LogP contribution in [0.2, 0.25) is 0 Å². The molecule has 0 unspecified atom stereocenters. The zero-order valence-corrected chi connectivity index (χ0v) is 22.4. The van der Waals surface area contributed by atoms with Crippen molar-refractivity contribution in [1.29, 1.82) is 0 Å². The van der Waals surface area contributed by atoms with E-state index in [0.717, 1.165) is 35.7 Å². The number of rotatable bonds is 10. The van der Waals surface area contributed by atoms with Crippen molar-refractivity contribution < 1.29 is 9.59 Å². The fourth-order valence-electron chi connectivity index (χ4n) is 3.65. The van der Waals surface area contributed by atoms with Gasteiger partial charge in [0.05, 0.1) is 0 Å². The van der Waals surface area contributed by atoms with Gasteiger partial charge in [0.1, 0.15) is 10.0 Å². The summed E-state index contributed by atoms with van der Waals surface area (Å²) in [5, 5.41) is 31.3. The Morgan fingerprint density at radius 1 is 0.632 bits per heavy atom. The lowest BCUT2D eigenvalue weighted by atomic mass is 10.1. The molecule has 2 aromatic heterocycles. The number of benzene rings is 2. The molecule has 0 saturated heterocycles. The maximum atomic E-state index is 13.7. The van der Waals surface area contributed by atoms with Crippen LogP contribution in [0.25, 0.3) is 0 Å². The molecule has 0 spiro atoms.